The van der Waals surface area contributed by atoms with Gasteiger partial charge in [-0.05, 0) is 42.4 Å². The number of rotatable bonds is 5. The summed E-state index contributed by atoms with van der Waals surface area (Å²) in [5.41, 5.74) is 4.25. The topological polar surface area (TPSA) is 131 Å². The fraction of sp³-hybridized carbons (Fsp3) is 0.360. The first-order chi connectivity index (χ1) is 17.9. The van der Waals surface area contributed by atoms with Crippen molar-refractivity contribution in [2.75, 3.05) is 0 Å². The Hall–Kier alpha value is -3.93. The van der Waals surface area contributed by atoms with Crippen molar-refractivity contribution in [3.8, 4) is 0 Å². The van der Waals surface area contributed by atoms with Gasteiger partial charge in [0.25, 0.3) is 5.91 Å². The Morgan fingerprint density at radius 2 is 2.05 bits per heavy atom. The number of carbonyl (C=O) groups excluding carboxylic acids is 4. The molecule has 3 aromatic rings. The average molecular weight is 524 g/mol. The number of pyridine rings is 1. The maximum Gasteiger partial charge on any atom is 0.407 e. The van der Waals surface area contributed by atoms with E-state index in [1.165, 1.54) is 22.3 Å². The third kappa shape index (κ3) is 4.20. The van der Waals surface area contributed by atoms with Crippen molar-refractivity contribution in [3.05, 3.63) is 58.0 Å². The number of nitrogens with one attached hydrogen (secondary N) is 2. The van der Waals surface area contributed by atoms with Gasteiger partial charge in [-0.1, -0.05) is 12.1 Å². The largest absolute Gasteiger partial charge is 0.446 e. The first kappa shape index (κ1) is 23.5. The molecule has 1 saturated carbocycles. The highest BCUT2D eigenvalue weighted by Gasteiger charge is 2.41. The number of halogens is 1. The van der Waals surface area contributed by atoms with Gasteiger partial charge in [0.1, 0.15) is 28.3 Å². The van der Waals surface area contributed by atoms with Gasteiger partial charge in [-0.25, -0.2) is 19.2 Å². The van der Waals surface area contributed by atoms with E-state index in [0.29, 0.717) is 18.4 Å². The first-order valence-corrected chi connectivity index (χ1v) is 12.8. The number of ether oxygens (including phenoxy) is 1. The molecule has 10 nitrogen and oxygen atoms in total. The van der Waals surface area contributed by atoms with Gasteiger partial charge in [0.15, 0.2) is 0 Å². The van der Waals surface area contributed by atoms with Gasteiger partial charge in [0, 0.05) is 31.3 Å². The Labute approximate surface area is 214 Å². The molecule has 0 spiro atoms. The van der Waals surface area contributed by atoms with Crippen molar-refractivity contribution in [2.45, 2.75) is 56.8 Å². The van der Waals surface area contributed by atoms with E-state index in [4.69, 9.17) is 4.74 Å². The monoisotopic (exact) mass is 523 g/mol. The molecule has 190 valence electrons. The van der Waals surface area contributed by atoms with Crippen LogP contribution in [0.3, 0.4) is 0 Å². The van der Waals surface area contributed by atoms with Crippen LogP contribution in [0.1, 0.15) is 58.6 Å². The summed E-state index contributed by atoms with van der Waals surface area (Å²) in [6, 6.07) is 4.26. The second kappa shape index (κ2) is 9.18. The van der Waals surface area contributed by atoms with Crippen LogP contribution in [0.25, 0.3) is 10.3 Å². The number of piperidine rings is 1. The van der Waals surface area contributed by atoms with Crippen molar-refractivity contribution in [1.82, 2.24) is 25.5 Å². The minimum atomic E-state index is -0.821. The summed E-state index contributed by atoms with van der Waals surface area (Å²) < 4.78 is 20.7. The number of hydrogen-bond acceptors (Lipinski definition) is 8. The lowest BCUT2D eigenvalue weighted by Crippen LogP contribution is -2.52. The van der Waals surface area contributed by atoms with E-state index in [2.05, 4.69) is 20.6 Å². The highest BCUT2D eigenvalue weighted by molar-refractivity contribution is 7.16. The molecule has 3 aliphatic rings. The third-order valence-electron chi connectivity index (χ3n) is 7.21. The molecule has 0 bridgehead atoms. The SMILES string of the molecule is O=C1CC[C@H](N2Cc3ccc(CNC(=O)OC4CC(c5ccnc6scnc56)C4)c(F)c3C2=O)C(=O)N1. The van der Waals surface area contributed by atoms with Crippen LogP contribution >= 0.6 is 11.3 Å². The van der Waals surface area contributed by atoms with Gasteiger partial charge in [-0.3, -0.25) is 19.7 Å². The number of benzene rings is 1. The standard InChI is InChI=1S/C25H22FN5O5S/c26-20-12(1-2-13-10-31(24(34)19(13)20)17-3-4-18(32)30-22(17)33)9-28-25(35)36-15-7-14(8-15)16-5-6-27-23-21(16)29-11-37-23/h1-2,5-6,11,14-15,17H,3-4,7-10H2,(H,28,35)(H,30,32,33)/t14?,15?,17-/m0/s1. The molecule has 2 aliphatic heterocycles. The van der Waals surface area contributed by atoms with Gasteiger partial charge in [0.2, 0.25) is 11.8 Å². The maximum atomic E-state index is 15.2. The quantitative estimate of drug-likeness (QED) is 0.492. The number of amides is 4. The zero-order chi connectivity index (χ0) is 25.7. The van der Waals surface area contributed by atoms with Gasteiger partial charge >= 0.3 is 6.09 Å². The summed E-state index contributed by atoms with van der Waals surface area (Å²) in [7, 11) is 0. The van der Waals surface area contributed by atoms with E-state index in [1.807, 2.05) is 6.07 Å². The fourth-order valence-electron chi connectivity index (χ4n) is 5.19. The molecule has 0 radical (unpaired) electrons. The summed E-state index contributed by atoms with van der Waals surface area (Å²) in [6.45, 7) is -0.0652. The van der Waals surface area contributed by atoms with Crippen LogP contribution in [0.2, 0.25) is 0 Å². The molecular weight excluding hydrogens is 501 g/mol. The molecule has 1 aliphatic carbocycles. The van der Waals surface area contributed by atoms with Crippen LogP contribution in [0, 0.1) is 5.82 Å². The summed E-state index contributed by atoms with van der Waals surface area (Å²) in [5, 5.41) is 4.79. The van der Waals surface area contributed by atoms with Crippen LogP contribution in [0.5, 0.6) is 0 Å². The lowest BCUT2D eigenvalue weighted by Gasteiger charge is -2.34. The highest BCUT2D eigenvalue weighted by Crippen LogP contribution is 2.41. The van der Waals surface area contributed by atoms with Crippen LogP contribution in [-0.2, 0) is 27.4 Å². The normalized spacial score (nSPS) is 23.0. The molecule has 1 aromatic carbocycles. The zero-order valence-corrected chi connectivity index (χ0v) is 20.3. The number of thiazole rings is 1. The summed E-state index contributed by atoms with van der Waals surface area (Å²) in [4.78, 5) is 59.8. The predicted molar refractivity (Wildman–Crippen MR) is 129 cm³/mol. The van der Waals surface area contributed by atoms with Gasteiger partial charge in [-0.15, -0.1) is 11.3 Å². The Morgan fingerprint density at radius 3 is 2.86 bits per heavy atom. The molecule has 1 atom stereocenters. The highest BCUT2D eigenvalue weighted by atomic mass is 32.1. The number of hydrogen-bond donors (Lipinski definition) is 2. The third-order valence-corrected chi connectivity index (χ3v) is 7.94. The van der Waals surface area contributed by atoms with Crippen molar-refractivity contribution >= 4 is 45.5 Å². The number of fused-ring (bicyclic) bond motifs is 2. The number of imide groups is 1. The minimum Gasteiger partial charge on any atom is -0.446 e. The van der Waals surface area contributed by atoms with E-state index >= 15 is 4.39 Å². The molecule has 37 heavy (non-hydrogen) atoms. The van der Waals surface area contributed by atoms with E-state index in [1.54, 1.807) is 17.8 Å². The Bertz CT molecular complexity index is 1450. The molecule has 2 aromatic heterocycles. The van der Waals surface area contributed by atoms with Crippen molar-refractivity contribution < 1.29 is 28.3 Å². The van der Waals surface area contributed by atoms with Crippen LogP contribution in [0.15, 0.2) is 29.9 Å². The molecule has 12 heteroatoms. The van der Waals surface area contributed by atoms with E-state index in [-0.39, 0.29) is 55.0 Å². The van der Waals surface area contributed by atoms with Crippen molar-refractivity contribution in [2.24, 2.45) is 0 Å². The first-order valence-electron chi connectivity index (χ1n) is 12.0. The predicted octanol–water partition coefficient (Wildman–Crippen LogP) is 2.76. The van der Waals surface area contributed by atoms with Crippen molar-refractivity contribution in [1.29, 1.82) is 0 Å². The van der Waals surface area contributed by atoms with E-state index in [9.17, 15) is 19.2 Å². The van der Waals surface area contributed by atoms with E-state index in [0.717, 1.165) is 15.9 Å². The fourth-order valence-corrected chi connectivity index (χ4v) is 5.85. The number of carbonyl (C=O) groups is 4. The van der Waals surface area contributed by atoms with Gasteiger partial charge < -0.3 is 15.0 Å². The lowest BCUT2D eigenvalue weighted by atomic mass is 9.77. The summed E-state index contributed by atoms with van der Waals surface area (Å²) >= 11 is 1.48. The van der Waals surface area contributed by atoms with Gasteiger partial charge in [-0.2, -0.15) is 0 Å². The molecular formula is C25H22FN5O5S. The lowest BCUT2D eigenvalue weighted by molar-refractivity contribution is -0.136. The molecule has 2 fully saturated rings. The Kier molecular flexibility index (Phi) is 5.82. The number of aromatic nitrogens is 2. The molecule has 1 saturated heterocycles. The Morgan fingerprint density at radius 1 is 1.22 bits per heavy atom. The number of nitrogens with zero attached hydrogens (tertiary/aromatic N) is 3. The molecule has 6 rings (SSSR count). The van der Waals surface area contributed by atoms with E-state index < -0.39 is 29.8 Å². The smallest absolute Gasteiger partial charge is 0.407 e. The minimum absolute atomic E-state index is 0.0840. The average Bonchev–Trinajstić information content (AvgIpc) is 3.46. The molecule has 4 heterocycles. The molecule has 4 amide bonds. The summed E-state index contributed by atoms with van der Waals surface area (Å²) in [5.74, 6) is -2.04. The molecule has 2 N–H and O–H groups in total. The van der Waals surface area contributed by atoms with Crippen LogP contribution in [0.4, 0.5) is 9.18 Å². The number of alkyl carbamates (subject to hydrolysis) is 1. The van der Waals surface area contributed by atoms with Gasteiger partial charge in [0.05, 0.1) is 11.1 Å². The van der Waals surface area contributed by atoms with Crippen LogP contribution < -0.4 is 10.6 Å². The van der Waals surface area contributed by atoms with Crippen molar-refractivity contribution in [3.63, 3.8) is 0 Å². The maximum absolute atomic E-state index is 15.2. The second-order valence-corrected chi connectivity index (χ2v) is 10.3. The Balaban J connectivity index is 1.04. The molecule has 0 unspecified atom stereocenters. The zero-order valence-electron chi connectivity index (χ0n) is 19.5. The summed E-state index contributed by atoms with van der Waals surface area (Å²) in [6.07, 6.45) is 2.51. The van der Waals surface area contributed by atoms with Crippen LogP contribution in [-0.4, -0.2) is 50.8 Å². The second-order valence-electron chi connectivity index (χ2n) is 9.43.